The lowest BCUT2D eigenvalue weighted by atomic mass is 9.89. The highest BCUT2D eigenvalue weighted by Gasteiger charge is 2.36. The van der Waals surface area contributed by atoms with Crippen LogP contribution >= 0.6 is 0 Å². The average molecular weight is 534 g/mol. The number of fused-ring (bicyclic) bond motifs is 1. The van der Waals surface area contributed by atoms with Gasteiger partial charge in [0.2, 0.25) is 15.9 Å². The normalized spacial score (nSPS) is 22.6. The first-order valence-electron chi connectivity index (χ1n) is 13.5. The van der Waals surface area contributed by atoms with Crippen molar-refractivity contribution >= 4 is 32.6 Å². The lowest BCUT2D eigenvalue weighted by molar-refractivity contribution is -0.127. The molecule has 1 unspecified atom stereocenters. The predicted molar refractivity (Wildman–Crippen MR) is 148 cm³/mol. The average Bonchev–Trinajstić information content (AvgIpc) is 2.94. The fraction of sp³-hybridized carbons (Fsp3) is 0.400. The number of nitrogens with zero attached hydrogens (tertiary/aromatic N) is 1. The summed E-state index contributed by atoms with van der Waals surface area (Å²) in [6.45, 7) is 2.47. The van der Waals surface area contributed by atoms with Crippen molar-refractivity contribution in [3.05, 3.63) is 77.9 Å². The van der Waals surface area contributed by atoms with E-state index < -0.39 is 15.9 Å². The SMILES string of the molecule is Cc1ccccc1C(=O)N[C@@H]1CCCC[C@H]1NC(=O)C1CCCN(S(=O)(=O)c2ccc3ccccc3c2)C1. The number of piperidine rings is 1. The van der Waals surface area contributed by atoms with E-state index in [1.54, 1.807) is 12.1 Å². The van der Waals surface area contributed by atoms with Crippen molar-refractivity contribution in [1.29, 1.82) is 0 Å². The summed E-state index contributed by atoms with van der Waals surface area (Å²) in [4.78, 5) is 26.6. The molecule has 8 heteroatoms. The van der Waals surface area contributed by atoms with Gasteiger partial charge in [-0.2, -0.15) is 4.31 Å². The van der Waals surface area contributed by atoms with Crippen LogP contribution in [0.25, 0.3) is 10.8 Å². The Kier molecular flexibility index (Phi) is 7.81. The van der Waals surface area contributed by atoms with E-state index in [2.05, 4.69) is 10.6 Å². The van der Waals surface area contributed by atoms with Crippen LogP contribution in [0.2, 0.25) is 0 Å². The van der Waals surface area contributed by atoms with Crippen molar-refractivity contribution in [1.82, 2.24) is 14.9 Å². The Balaban J connectivity index is 1.25. The number of amides is 2. The van der Waals surface area contributed by atoms with E-state index in [0.717, 1.165) is 42.0 Å². The topological polar surface area (TPSA) is 95.6 Å². The van der Waals surface area contributed by atoms with Crippen LogP contribution in [0.1, 0.15) is 54.4 Å². The van der Waals surface area contributed by atoms with Gasteiger partial charge in [-0.25, -0.2) is 8.42 Å². The molecule has 38 heavy (non-hydrogen) atoms. The molecule has 1 aliphatic heterocycles. The fourth-order valence-electron chi connectivity index (χ4n) is 5.70. The number of nitrogens with one attached hydrogen (secondary N) is 2. The van der Waals surface area contributed by atoms with Crippen LogP contribution < -0.4 is 10.6 Å². The maximum Gasteiger partial charge on any atom is 0.251 e. The Hall–Kier alpha value is -3.23. The number of benzene rings is 3. The van der Waals surface area contributed by atoms with Gasteiger partial charge < -0.3 is 10.6 Å². The number of aryl methyl sites for hydroxylation is 1. The molecule has 0 spiro atoms. The molecule has 5 rings (SSSR count). The van der Waals surface area contributed by atoms with Crippen molar-refractivity contribution in [3.8, 4) is 0 Å². The Morgan fingerprint density at radius 3 is 2.26 bits per heavy atom. The van der Waals surface area contributed by atoms with Crippen LogP contribution in [-0.4, -0.2) is 49.7 Å². The molecule has 2 aliphatic rings. The summed E-state index contributed by atoms with van der Waals surface area (Å²) in [5.74, 6) is -0.682. The fourth-order valence-corrected chi connectivity index (χ4v) is 7.26. The van der Waals surface area contributed by atoms with Crippen molar-refractivity contribution in [2.45, 2.75) is 62.4 Å². The molecule has 200 valence electrons. The minimum atomic E-state index is -3.72. The molecule has 3 aromatic rings. The molecule has 0 aromatic heterocycles. The third kappa shape index (κ3) is 5.61. The maximum atomic E-state index is 13.5. The monoisotopic (exact) mass is 533 g/mol. The summed E-state index contributed by atoms with van der Waals surface area (Å²) in [6, 6.07) is 20.0. The highest BCUT2D eigenvalue weighted by Crippen LogP contribution is 2.27. The molecule has 0 radical (unpaired) electrons. The van der Waals surface area contributed by atoms with E-state index in [1.807, 2.05) is 61.5 Å². The number of rotatable bonds is 6. The second-order valence-corrected chi connectivity index (χ2v) is 12.4. The number of hydrogen-bond donors (Lipinski definition) is 2. The molecule has 2 fully saturated rings. The van der Waals surface area contributed by atoms with Gasteiger partial charge >= 0.3 is 0 Å². The standard InChI is InChI=1S/C30H35N3O4S/c1-21-9-2-5-13-26(21)30(35)32-28-15-7-6-14-27(28)31-29(34)24-12-8-18-33(20-24)38(36,37)25-17-16-22-10-3-4-11-23(22)19-25/h2-5,9-11,13,16-17,19,24,27-28H,6-8,12,14-15,18,20H2,1H3,(H,31,34)(H,32,35)/t24?,27-,28-/m1/s1. The first-order chi connectivity index (χ1) is 18.3. The number of hydrogen-bond acceptors (Lipinski definition) is 4. The maximum absolute atomic E-state index is 13.5. The summed E-state index contributed by atoms with van der Waals surface area (Å²) in [5.41, 5.74) is 1.56. The van der Waals surface area contributed by atoms with Crippen molar-refractivity contribution < 1.29 is 18.0 Å². The van der Waals surface area contributed by atoms with Gasteiger partial charge in [0.1, 0.15) is 0 Å². The summed E-state index contributed by atoms with van der Waals surface area (Å²) in [7, 11) is -3.72. The second kappa shape index (κ2) is 11.3. The number of sulfonamides is 1. The van der Waals surface area contributed by atoms with Crippen LogP contribution in [0.15, 0.2) is 71.6 Å². The van der Waals surface area contributed by atoms with Crippen molar-refractivity contribution in [3.63, 3.8) is 0 Å². The minimum Gasteiger partial charge on any atom is -0.351 e. The van der Waals surface area contributed by atoms with E-state index in [1.165, 1.54) is 4.31 Å². The molecule has 0 bridgehead atoms. The number of carbonyl (C=O) groups excluding carboxylic acids is 2. The Labute approximate surface area is 224 Å². The molecule has 2 amide bonds. The quantitative estimate of drug-likeness (QED) is 0.491. The summed E-state index contributed by atoms with van der Waals surface area (Å²) < 4.78 is 28.4. The first-order valence-corrected chi connectivity index (χ1v) is 14.9. The van der Waals surface area contributed by atoms with Crippen LogP contribution in [0.4, 0.5) is 0 Å². The third-order valence-electron chi connectivity index (χ3n) is 7.91. The molecule has 3 aromatic carbocycles. The van der Waals surface area contributed by atoms with Gasteiger partial charge in [-0.05, 0) is 67.1 Å². The molecule has 3 atom stereocenters. The highest BCUT2D eigenvalue weighted by molar-refractivity contribution is 7.89. The van der Waals surface area contributed by atoms with Gasteiger partial charge in [0.25, 0.3) is 5.91 Å². The van der Waals surface area contributed by atoms with E-state index >= 15 is 0 Å². The van der Waals surface area contributed by atoms with E-state index in [4.69, 9.17) is 0 Å². The summed E-state index contributed by atoms with van der Waals surface area (Å²) in [6.07, 6.45) is 4.83. The first kappa shape index (κ1) is 26.4. The minimum absolute atomic E-state index is 0.125. The van der Waals surface area contributed by atoms with Gasteiger partial charge in [0, 0.05) is 30.7 Å². The van der Waals surface area contributed by atoms with Gasteiger partial charge in [-0.3, -0.25) is 9.59 Å². The Morgan fingerprint density at radius 2 is 1.50 bits per heavy atom. The van der Waals surface area contributed by atoms with Crippen molar-refractivity contribution in [2.75, 3.05) is 13.1 Å². The molecule has 2 N–H and O–H groups in total. The van der Waals surface area contributed by atoms with Crippen LogP contribution in [0, 0.1) is 12.8 Å². The van der Waals surface area contributed by atoms with Crippen LogP contribution in [-0.2, 0) is 14.8 Å². The lowest BCUT2D eigenvalue weighted by Gasteiger charge is -2.36. The molecular formula is C30H35N3O4S. The predicted octanol–water partition coefficient (Wildman–Crippen LogP) is 4.41. The molecular weight excluding hydrogens is 498 g/mol. The van der Waals surface area contributed by atoms with E-state index in [-0.39, 0.29) is 35.3 Å². The number of carbonyl (C=O) groups is 2. The molecule has 7 nitrogen and oxygen atoms in total. The highest BCUT2D eigenvalue weighted by atomic mass is 32.2. The van der Waals surface area contributed by atoms with E-state index in [9.17, 15) is 18.0 Å². The molecule has 1 aliphatic carbocycles. The van der Waals surface area contributed by atoms with Gasteiger partial charge in [-0.1, -0.05) is 61.4 Å². The Morgan fingerprint density at radius 1 is 0.816 bits per heavy atom. The van der Waals surface area contributed by atoms with Gasteiger partial charge in [0.15, 0.2) is 0 Å². The zero-order chi connectivity index (χ0) is 26.7. The van der Waals surface area contributed by atoms with E-state index in [0.29, 0.717) is 24.9 Å². The molecule has 1 saturated heterocycles. The Bertz CT molecular complexity index is 1440. The van der Waals surface area contributed by atoms with Crippen molar-refractivity contribution in [2.24, 2.45) is 5.92 Å². The zero-order valence-corrected chi connectivity index (χ0v) is 22.5. The third-order valence-corrected chi connectivity index (χ3v) is 9.77. The summed E-state index contributed by atoms with van der Waals surface area (Å²) >= 11 is 0. The van der Waals surface area contributed by atoms with Crippen LogP contribution in [0.5, 0.6) is 0 Å². The largest absolute Gasteiger partial charge is 0.351 e. The molecule has 1 saturated carbocycles. The van der Waals surface area contributed by atoms with Gasteiger partial charge in [-0.15, -0.1) is 0 Å². The zero-order valence-electron chi connectivity index (χ0n) is 21.7. The summed E-state index contributed by atoms with van der Waals surface area (Å²) in [5, 5.41) is 8.17. The molecule has 1 heterocycles. The second-order valence-electron chi connectivity index (χ2n) is 10.5. The lowest BCUT2D eigenvalue weighted by Crippen LogP contribution is -2.55. The smallest absolute Gasteiger partial charge is 0.251 e. The van der Waals surface area contributed by atoms with Gasteiger partial charge in [0.05, 0.1) is 10.8 Å². The van der Waals surface area contributed by atoms with Crippen LogP contribution in [0.3, 0.4) is 0 Å².